The fourth-order valence-electron chi connectivity index (χ4n) is 5.12. The van der Waals surface area contributed by atoms with Crippen LogP contribution in [-0.4, -0.2) is 54.6 Å². The van der Waals surface area contributed by atoms with E-state index in [9.17, 15) is 31.1 Å². The smallest absolute Gasteiger partial charge is 0.317 e. The fraction of sp³-hybridized carbons (Fsp3) is 0.667. The first-order valence-electron chi connectivity index (χ1n) is 12.8. The van der Waals surface area contributed by atoms with Crippen molar-refractivity contribution in [1.29, 1.82) is 0 Å². The first-order chi connectivity index (χ1) is 17.1. The maximum Gasteiger partial charge on any atom is 0.416 e. The summed E-state index contributed by atoms with van der Waals surface area (Å²) in [4.78, 5) is 16.9. The Hall–Kier alpha value is -2.07. The number of piperidine rings is 1. The van der Waals surface area contributed by atoms with Gasteiger partial charge in [0, 0.05) is 44.2 Å². The van der Waals surface area contributed by atoms with Crippen LogP contribution in [0.15, 0.2) is 36.0 Å². The van der Waals surface area contributed by atoms with E-state index in [0.29, 0.717) is 31.0 Å². The van der Waals surface area contributed by atoms with Gasteiger partial charge in [-0.25, -0.2) is 0 Å². The van der Waals surface area contributed by atoms with Crippen LogP contribution in [0.25, 0.3) is 0 Å². The van der Waals surface area contributed by atoms with Crippen LogP contribution in [0.2, 0.25) is 0 Å². The van der Waals surface area contributed by atoms with Crippen LogP contribution in [0.1, 0.15) is 70.0 Å². The molecule has 2 saturated heterocycles. The van der Waals surface area contributed by atoms with E-state index >= 15 is 0 Å². The number of hydrogen-bond acceptors (Lipinski definition) is 3. The number of alkyl halides is 6. The quantitative estimate of drug-likeness (QED) is 0.421. The molecule has 1 N–H and O–H groups in total. The summed E-state index contributed by atoms with van der Waals surface area (Å²) in [5.41, 5.74) is 0.0254. The van der Waals surface area contributed by atoms with E-state index in [2.05, 4.69) is 5.32 Å². The first kappa shape index (κ1) is 29.5. The fourth-order valence-corrected chi connectivity index (χ4v) is 5.12. The van der Waals surface area contributed by atoms with Crippen LogP contribution in [0.3, 0.4) is 0 Å². The monoisotopic (exact) mass is 533 g/mol. The third kappa shape index (κ3) is 9.02. The van der Waals surface area contributed by atoms with E-state index in [0.717, 1.165) is 43.8 Å². The molecule has 0 aromatic heterocycles. The second-order valence-electron chi connectivity index (χ2n) is 11.2. The molecule has 1 unspecified atom stereocenters. The minimum atomic E-state index is -4.52. The predicted octanol–water partition coefficient (Wildman–Crippen LogP) is 6.55. The highest BCUT2D eigenvalue weighted by Crippen LogP contribution is 2.36. The molecule has 0 saturated carbocycles. The van der Waals surface area contributed by atoms with Crippen molar-refractivity contribution in [2.75, 3.05) is 32.7 Å². The van der Waals surface area contributed by atoms with Crippen molar-refractivity contribution < 1.29 is 31.1 Å². The summed E-state index contributed by atoms with van der Waals surface area (Å²) >= 11 is 0. The Bertz CT molecular complexity index is 927. The number of nitrogens with zero attached hydrogens (tertiary/aromatic N) is 2. The number of halogens is 6. The van der Waals surface area contributed by atoms with Crippen molar-refractivity contribution in [3.8, 4) is 0 Å². The summed E-state index contributed by atoms with van der Waals surface area (Å²) in [7, 11) is 0. The van der Waals surface area contributed by atoms with Gasteiger partial charge < -0.3 is 10.2 Å². The Balaban J connectivity index is 1.85. The first-order valence-corrected chi connectivity index (χ1v) is 12.8. The highest BCUT2D eigenvalue weighted by atomic mass is 19.4. The van der Waals surface area contributed by atoms with Gasteiger partial charge in [0.1, 0.15) is 0 Å². The second-order valence-corrected chi connectivity index (χ2v) is 11.2. The molecule has 3 rings (SSSR count). The molecular formula is C27H37F6N3O. The Labute approximate surface area is 215 Å². The number of carbonyl (C=O) groups is 1. The number of carbonyl (C=O) groups excluding carboxylic acids is 1. The van der Waals surface area contributed by atoms with Gasteiger partial charge in [0.2, 0.25) is 5.91 Å². The Morgan fingerprint density at radius 2 is 1.65 bits per heavy atom. The molecule has 0 radical (unpaired) electrons. The number of piperazine rings is 1. The Morgan fingerprint density at radius 1 is 1.03 bits per heavy atom. The highest BCUT2D eigenvalue weighted by molar-refractivity contribution is 5.78. The minimum Gasteiger partial charge on any atom is -0.317 e. The Morgan fingerprint density at radius 3 is 2.19 bits per heavy atom. The zero-order valence-electron chi connectivity index (χ0n) is 21.7. The third-order valence-electron chi connectivity index (χ3n) is 6.91. The summed E-state index contributed by atoms with van der Waals surface area (Å²) in [5.74, 6) is 0.317. The van der Waals surface area contributed by atoms with E-state index in [1.54, 1.807) is 4.90 Å². The van der Waals surface area contributed by atoms with Crippen LogP contribution >= 0.6 is 0 Å². The van der Waals surface area contributed by atoms with Crippen molar-refractivity contribution in [2.24, 2.45) is 11.3 Å². The van der Waals surface area contributed by atoms with Crippen LogP contribution in [0.4, 0.5) is 26.3 Å². The van der Waals surface area contributed by atoms with Crippen molar-refractivity contribution in [3.05, 3.63) is 47.2 Å². The predicted molar refractivity (Wildman–Crippen MR) is 131 cm³/mol. The van der Waals surface area contributed by atoms with Gasteiger partial charge in [0.15, 0.2) is 0 Å². The lowest BCUT2D eigenvalue weighted by Gasteiger charge is -2.42. The molecule has 2 fully saturated rings. The zero-order valence-corrected chi connectivity index (χ0v) is 21.7. The molecule has 10 heteroatoms. The van der Waals surface area contributed by atoms with Crippen molar-refractivity contribution >= 4 is 5.91 Å². The molecule has 0 spiro atoms. The summed E-state index contributed by atoms with van der Waals surface area (Å²) in [5, 5.41) is 3.29. The standard InChI is InChI=1S/C27H37F6N3O/c1-25(2,3)17-22-18-35(14-15-36(22)24(37)16-19-9-12-34-13-10-19)23(8-11-26(28,29)30)20-4-6-21(7-5-20)27(31,32)33/h4-7,17,19,23,34H,8-16,18H2,1-3H3. The molecule has 37 heavy (non-hydrogen) atoms. The van der Waals surface area contributed by atoms with Crippen LogP contribution in [-0.2, 0) is 11.0 Å². The van der Waals surface area contributed by atoms with E-state index in [-0.39, 0.29) is 24.3 Å². The van der Waals surface area contributed by atoms with Gasteiger partial charge in [0.05, 0.1) is 5.56 Å². The lowest BCUT2D eigenvalue weighted by Crippen LogP contribution is -2.49. The molecule has 1 atom stereocenters. The van der Waals surface area contributed by atoms with Crippen LogP contribution in [0.5, 0.6) is 0 Å². The normalized spacial score (nSPS) is 20.9. The maximum absolute atomic E-state index is 13.3. The number of hydrogen-bond donors (Lipinski definition) is 1. The largest absolute Gasteiger partial charge is 0.416 e. The van der Waals surface area contributed by atoms with Crippen LogP contribution < -0.4 is 5.32 Å². The molecule has 2 aliphatic rings. The minimum absolute atomic E-state index is 0.0171. The van der Waals surface area contributed by atoms with E-state index in [1.807, 2.05) is 31.7 Å². The molecule has 1 aromatic rings. The van der Waals surface area contributed by atoms with Crippen molar-refractivity contribution in [3.63, 3.8) is 0 Å². The van der Waals surface area contributed by atoms with Crippen molar-refractivity contribution in [1.82, 2.24) is 15.1 Å². The highest BCUT2D eigenvalue weighted by Gasteiger charge is 2.36. The molecule has 0 aliphatic carbocycles. The van der Waals surface area contributed by atoms with Gasteiger partial charge in [-0.05, 0) is 61.4 Å². The zero-order chi connectivity index (χ0) is 27.4. The molecule has 4 nitrogen and oxygen atoms in total. The van der Waals surface area contributed by atoms with Gasteiger partial charge >= 0.3 is 12.4 Å². The molecule has 2 heterocycles. The molecule has 0 bridgehead atoms. The average Bonchev–Trinajstić information content (AvgIpc) is 2.78. The lowest BCUT2D eigenvalue weighted by molar-refractivity contribution is -0.139. The summed E-state index contributed by atoms with van der Waals surface area (Å²) < 4.78 is 78.7. The van der Waals surface area contributed by atoms with Gasteiger partial charge in [-0.1, -0.05) is 39.0 Å². The number of amides is 1. The molecular weight excluding hydrogens is 496 g/mol. The number of rotatable bonds is 6. The Kier molecular flexibility index (Phi) is 9.37. The lowest BCUT2D eigenvalue weighted by atomic mass is 9.91. The molecule has 2 aliphatic heterocycles. The number of benzene rings is 1. The summed E-state index contributed by atoms with van der Waals surface area (Å²) in [6, 6.07) is 3.65. The second kappa shape index (κ2) is 11.8. The van der Waals surface area contributed by atoms with Crippen molar-refractivity contribution in [2.45, 2.75) is 71.3 Å². The number of allylic oxidation sites excluding steroid dienone is 1. The van der Waals surface area contributed by atoms with Crippen LogP contribution in [0, 0.1) is 11.3 Å². The molecule has 208 valence electrons. The maximum atomic E-state index is 13.3. The average molecular weight is 534 g/mol. The van der Waals surface area contributed by atoms with E-state index in [4.69, 9.17) is 0 Å². The van der Waals surface area contributed by atoms with E-state index < -0.39 is 30.4 Å². The molecule has 1 aromatic carbocycles. The van der Waals surface area contributed by atoms with Gasteiger partial charge in [0.25, 0.3) is 0 Å². The van der Waals surface area contributed by atoms with Gasteiger partial charge in [-0.15, -0.1) is 0 Å². The summed E-state index contributed by atoms with van der Waals surface area (Å²) in [6.45, 7) is 8.65. The van der Waals surface area contributed by atoms with E-state index in [1.165, 1.54) is 12.1 Å². The SMILES string of the molecule is CC(C)(C)C=C1CN(C(CCC(F)(F)F)c2ccc(C(F)(F)F)cc2)CCN1C(=O)CC1CCNCC1. The van der Waals surface area contributed by atoms with Gasteiger partial charge in [-0.3, -0.25) is 9.69 Å². The van der Waals surface area contributed by atoms with Gasteiger partial charge in [-0.2, -0.15) is 26.3 Å². The third-order valence-corrected chi connectivity index (χ3v) is 6.91. The summed E-state index contributed by atoms with van der Waals surface area (Å²) in [6.07, 6.45) is -5.97. The molecule has 1 amide bonds. The number of nitrogens with one attached hydrogen (secondary N) is 1. The topological polar surface area (TPSA) is 35.6 Å².